The smallest absolute Gasteiger partial charge is 0.153 e. The van der Waals surface area contributed by atoms with Crippen LogP contribution in [0.3, 0.4) is 0 Å². The highest BCUT2D eigenvalue weighted by molar-refractivity contribution is 5.80. The lowest BCUT2D eigenvalue weighted by atomic mass is 10.2. The van der Waals surface area contributed by atoms with Crippen LogP contribution in [-0.4, -0.2) is 46.9 Å². The lowest BCUT2D eigenvalue weighted by Gasteiger charge is -2.10. The zero-order chi connectivity index (χ0) is 13.2. The van der Waals surface area contributed by atoms with E-state index in [1.54, 1.807) is 32.4 Å². The van der Waals surface area contributed by atoms with Crippen molar-refractivity contribution < 1.29 is 23.7 Å². The monoisotopic (exact) mass is 254 g/mol. The highest BCUT2D eigenvalue weighted by atomic mass is 16.5. The van der Waals surface area contributed by atoms with Crippen LogP contribution in [0.25, 0.3) is 0 Å². The Morgan fingerprint density at radius 3 is 2.28 bits per heavy atom. The summed E-state index contributed by atoms with van der Waals surface area (Å²) in [6, 6.07) is 5.11. The Balaban J connectivity index is 2.61. The highest BCUT2D eigenvalue weighted by Crippen LogP contribution is 2.22. The third-order valence-corrected chi connectivity index (χ3v) is 2.21. The molecule has 5 nitrogen and oxygen atoms in total. The standard InChI is InChI=1S/C13H18O5/c1-15-5-7-17-12-3-4-13(11(9-12)10-14)18-8-6-16-2/h3-4,9-10H,5-8H2,1-2H3. The van der Waals surface area contributed by atoms with Gasteiger partial charge in [-0.25, -0.2) is 0 Å². The number of hydrogen-bond acceptors (Lipinski definition) is 5. The van der Waals surface area contributed by atoms with Gasteiger partial charge in [0.05, 0.1) is 18.8 Å². The molecule has 0 bridgehead atoms. The number of rotatable bonds is 9. The number of carbonyl (C=O) groups is 1. The van der Waals surface area contributed by atoms with E-state index in [0.29, 0.717) is 43.5 Å². The first kappa shape index (κ1) is 14.5. The molecule has 0 atom stereocenters. The molecule has 0 fully saturated rings. The molecule has 0 amide bonds. The van der Waals surface area contributed by atoms with Gasteiger partial charge in [0.15, 0.2) is 6.29 Å². The van der Waals surface area contributed by atoms with Gasteiger partial charge in [-0.05, 0) is 18.2 Å². The number of methoxy groups -OCH3 is 2. The molecule has 0 aromatic heterocycles. The molecule has 100 valence electrons. The molecule has 1 aromatic carbocycles. The van der Waals surface area contributed by atoms with Crippen LogP contribution in [-0.2, 0) is 9.47 Å². The highest BCUT2D eigenvalue weighted by Gasteiger charge is 2.05. The van der Waals surface area contributed by atoms with Crippen molar-refractivity contribution in [3.8, 4) is 11.5 Å². The molecular formula is C13H18O5. The first-order valence-electron chi connectivity index (χ1n) is 5.64. The van der Waals surface area contributed by atoms with Crippen LogP contribution in [0.4, 0.5) is 0 Å². The topological polar surface area (TPSA) is 54.0 Å². The summed E-state index contributed by atoms with van der Waals surface area (Å²) in [4.78, 5) is 11.0. The van der Waals surface area contributed by atoms with Crippen LogP contribution >= 0.6 is 0 Å². The van der Waals surface area contributed by atoms with E-state index in [0.717, 1.165) is 6.29 Å². The number of ether oxygens (including phenoxy) is 4. The van der Waals surface area contributed by atoms with Gasteiger partial charge in [0.2, 0.25) is 0 Å². The van der Waals surface area contributed by atoms with Crippen molar-refractivity contribution in [1.29, 1.82) is 0 Å². The fraction of sp³-hybridized carbons (Fsp3) is 0.462. The molecule has 0 saturated heterocycles. The number of hydrogen-bond donors (Lipinski definition) is 0. The fourth-order valence-electron chi connectivity index (χ4n) is 1.32. The van der Waals surface area contributed by atoms with Crippen molar-refractivity contribution in [2.45, 2.75) is 0 Å². The van der Waals surface area contributed by atoms with E-state index < -0.39 is 0 Å². The molecule has 0 heterocycles. The van der Waals surface area contributed by atoms with Crippen molar-refractivity contribution in [3.05, 3.63) is 23.8 Å². The summed E-state index contributed by atoms with van der Waals surface area (Å²) >= 11 is 0. The van der Waals surface area contributed by atoms with Gasteiger partial charge < -0.3 is 18.9 Å². The van der Waals surface area contributed by atoms with E-state index in [2.05, 4.69) is 0 Å². The van der Waals surface area contributed by atoms with Gasteiger partial charge in [-0.1, -0.05) is 0 Å². The van der Waals surface area contributed by atoms with Crippen LogP contribution in [0.5, 0.6) is 11.5 Å². The quantitative estimate of drug-likeness (QED) is 0.494. The van der Waals surface area contributed by atoms with E-state index >= 15 is 0 Å². The van der Waals surface area contributed by atoms with Crippen LogP contribution < -0.4 is 9.47 Å². The van der Waals surface area contributed by atoms with Crippen LogP contribution in [0.1, 0.15) is 10.4 Å². The van der Waals surface area contributed by atoms with E-state index in [9.17, 15) is 4.79 Å². The molecule has 0 N–H and O–H groups in total. The number of carbonyl (C=O) groups excluding carboxylic acids is 1. The zero-order valence-electron chi connectivity index (χ0n) is 10.7. The van der Waals surface area contributed by atoms with E-state index in [1.165, 1.54) is 0 Å². The van der Waals surface area contributed by atoms with E-state index in [4.69, 9.17) is 18.9 Å². The molecule has 0 aliphatic heterocycles. The van der Waals surface area contributed by atoms with Gasteiger partial charge in [-0.2, -0.15) is 0 Å². The lowest BCUT2D eigenvalue weighted by Crippen LogP contribution is -2.07. The summed E-state index contributed by atoms with van der Waals surface area (Å²) < 4.78 is 20.6. The SMILES string of the molecule is COCCOc1ccc(OCCOC)c(C=O)c1. The molecule has 5 heteroatoms. The van der Waals surface area contributed by atoms with Crippen LogP contribution in [0.15, 0.2) is 18.2 Å². The average molecular weight is 254 g/mol. The Morgan fingerprint density at radius 2 is 1.67 bits per heavy atom. The number of benzene rings is 1. The van der Waals surface area contributed by atoms with Crippen molar-refractivity contribution in [2.24, 2.45) is 0 Å². The van der Waals surface area contributed by atoms with Gasteiger partial charge in [-0.15, -0.1) is 0 Å². The molecule has 1 aromatic rings. The Labute approximate surface area is 107 Å². The molecule has 0 spiro atoms. The van der Waals surface area contributed by atoms with E-state index in [-0.39, 0.29) is 0 Å². The molecule has 0 unspecified atom stereocenters. The summed E-state index contributed by atoms with van der Waals surface area (Å²) in [6.07, 6.45) is 0.741. The second-order valence-corrected chi connectivity index (χ2v) is 3.50. The van der Waals surface area contributed by atoms with E-state index in [1.807, 2.05) is 0 Å². The predicted octanol–water partition coefficient (Wildman–Crippen LogP) is 1.55. The summed E-state index contributed by atoms with van der Waals surface area (Å²) in [5, 5.41) is 0. The van der Waals surface area contributed by atoms with Gasteiger partial charge in [-0.3, -0.25) is 4.79 Å². The van der Waals surface area contributed by atoms with Crippen molar-refractivity contribution in [2.75, 3.05) is 40.6 Å². The maximum atomic E-state index is 11.0. The van der Waals surface area contributed by atoms with Crippen LogP contribution in [0.2, 0.25) is 0 Å². The minimum Gasteiger partial charge on any atom is -0.491 e. The molecular weight excluding hydrogens is 236 g/mol. The second kappa shape index (κ2) is 8.49. The van der Waals surface area contributed by atoms with Crippen molar-refractivity contribution in [3.63, 3.8) is 0 Å². The van der Waals surface area contributed by atoms with Gasteiger partial charge in [0.1, 0.15) is 24.7 Å². The molecule has 0 aliphatic rings. The minimum atomic E-state index is 0.404. The summed E-state index contributed by atoms with van der Waals surface area (Å²) in [7, 11) is 3.20. The summed E-state index contributed by atoms with van der Waals surface area (Å²) in [5.41, 5.74) is 0.459. The zero-order valence-corrected chi connectivity index (χ0v) is 10.7. The fourth-order valence-corrected chi connectivity index (χ4v) is 1.32. The van der Waals surface area contributed by atoms with Crippen LogP contribution in [0, 0.1) is 0 Å². The maximum absolute atomic E-state index is 11.0. The Morgan fingerprint density at radius 1 is 1.00 bits per heavy atom. The Kier molecular flexibility index (Phi) is 6.83. The lowest BCUT2D eigenvalue weighted by molar-refractivity contribution is 0.111. The predicted molar refractivity (Wildman–Crippen MR) is 66.6 cm³/mol. The second-order valence-electron chi connectivity index (χ2n) is 3.50. The third-order valence-electron chi connectivity index (χ3n) is 2.21. The average Bonchev–Trinajstić information content (AvgIpc) is 2.40. The summed E-state index contributed by atoms with van der Waals surface area (Å²) in [5.74, 6) is 1.15. The molecule has 0 radical (unpaired) electrons. The Bertz CT molecular complexity index is 364. The van der Waals surface area contributed by atoms with Crippen molar-refractivity contribution >= 4 is 6.29 Å². The van der Waals surface area contributed by atoms with Gasteiger partial charge in [0.25, 0.3) is 0 Å². The molecule has 0 aliphatic carbocycles. The molecule has 1 rings (SSSR count). The minimum absolute atomic E-state index is 0.404. The normalized spacial score (nSPS) is 10.1. The summed E-state index contributed by atoms with van der Waals surface area (Å²) in [6.45, 7) is 1.83. The maximum Gasteiger partial charge on any atom is 0.153 e. The molecule has 18 heavy (non-hydrogen) atoms. The number of aldehydes is 1. The largest absolute Gasteiger partial charge is 0.491 e. The van der Waals surface area contributed by atoms with Gasteiger partial charge in [0, 0.05) is 14.2 Å². The van der Waals surface area contributed by atoms with Crippen molar-refractivity contribution in [1.82, 2.24) is 0 Å². The van der Waals surface area contributed by atoms with Gasteiger partial charge >= 0.3 is 0 Å². The third kappa shape index (κ3) is 4.73. The first-order valence-corrected chi connectivity index (χ1v) is 5.64. The Hall–Kier alpha value is -1.59. The first-order chi connectivity index (χ1) is 8.81. The molecule has 0 saturated carbocycles.